The van der Waals surface area contributed by atoms with E-state index in [0.29, 0.717) is 103 Å². The van der Waals surface area contributed by atoms with Crippen molar-refractivity contribution in [2.45, 2.75) is 81.6 Å². The van der Waals surface area contributed by atoms with E-state index in [4.69, 9.17) is 57.6 Å². The van der Waals surface area contributed by atoms with Crippen molar-refractivity contribution in [2.75, 3.05) is 115 Å². The number of rotatable bonds is 18. The number of fused-ring (bicyclic) bond motifs is 5. The van der Waals surface area contributed by atoms with Gasteiger partial charge in [0.05, 0.1) is 35.3 Å². The molecule has 7 aromatic rings. The van der Waals surface area contributed by atoms with E-state index >= 15 is 4.39 Å². The lowest BCUT2D eigenvalue weighted by Gasteiger charge is -2.40. The topological polar surface area (TPSA) is 200 Å². The molecule has 2 amide bonds. The lowest BCUT2D eigenvalue weighted by Crippen LogP contribution is -2.53. The highest BCUT2D eigenvalue weighted by Gasteiger charge is 2.51. The number of benzene rings is 4. The number of likely N-dealkylation sites (tertiary alicyclic amines) is 3. The number of carbonyl (C=O) groups is 3. The lowest BCUT2D eigenvalue weighted by molar-refractivity contribution is -0.136. The highest BCUT2D eigenvalue weighted by molar-refractivity contribution is 7.93. The molecule has 4 aromatic carbocycles. The zero-order chi connectivity index (χ0) is 63.5. The SMILES string of the molecule is COC(=O)/C=C/C(=O)N1CC(CN(C)c2nc(OCC34CCCN3C(c3ccc(Cl)c5c(N6CCc7c(nc(OC[C@@H]8CCCN8C)nc7N(C)[C@@H]7CCN(C(=O)/C=C/S(C)(=O)=O)C7)C6)cccc35)CC4)nc3c(F)c(-c4cccc5cccc(Cl)c45)ncc23)C1. The Bertz CT molecular complexity index is 4210. The molecular weight excluding hydrogens is 1220 g/mol. The minimum Gasteiger partial charge on any atom is -0.466 e. The number of amides is 2. The van der Waals surface area contributed by atoms with Gasteiger partial charge in [-0.05, 0) is 106 Å². The summed E-state index contributed by atoms with van der Waals surface area (Å²) in [6.07, 6.45) is 13.1. The Labute approximate surface area is 538 Å². The maximum atomic E-state index is 17.5. The molecule has 0 bridgehead atoms. The number of aromatic nitrogens is 5. The molecule has 6 aliphatic heterocycles. The van der Waals surface area contributed by atoms with Crippen LogP contribution >= 0.6 is 23.2 Å². The van der Waals surface area contributed by atoms with E-state index < -0.39 is 21.6 Å². The van der Waals surface area contributed by atoms with Gasteiger partial charge in [0, 0.05) is 146 Å². The van der Waals surface area contributed by atoms with E-state index in [9.17, 15) is 22.8 Å². The van der Waals surface area contributed by atoms with E-state index in [1.54, 1.807) is 22.1 Å². The molecule has 5 saturated heterocycles. The van der Waals surface area contributed by atoms with Crippen LogP contribution in [0.2, 0.25) is 10.0 Å². The van der Waals surface area contributed by atoms with Gasteiger partial charge in [-0.3, -0.25) is 19.5 Å². The third-order valence-electron chi connectivity index (χ3n) is 19.5. The van der Waals surface area contributed by atoms with Gasteiger partial charge >= 0.3 is 18.0 Å². The molecule has 476 valence electrons. The fourth-order valence-corrected chi connectivity index (χ4v) is 15.6. The fourth-order valence-electron chi connectivity index (χ4n) is 14.7. The van der Waals surface area contributed by atoms with Crippen LogP contribution in [0.15, 0.2) is 96.6 Å². The number of carbonyl (C=O) groups excluding carboxylic acids is 3. The minimum atomic E-state index is -3.46. The van der Waals surface area contributed by atoms with Crippen LogP contribution in [0.5, 0.6) is 12.0 Å². The first kappa shape index (κ1) is 62.1. The second kappa shape index (κ2) is 25.4. The Hall–Kier alpha value is -7.76. The molecule has 4 atom stereocenters. The summed E-state index contributed by atoms with van der Waals surface area (Å²) in [6.45, 7) is 5.99. The van der Waals surface area contributed by atoms with Crippen LogP contribution in [-0.4, -0.2) is 188 Å². The molecule has 2 unspecified atom stereocenters. The molecule has 0 radical (unpaired) electrons. The van der Waals surface area contributed by atoms with Gasteiger partial charge in [0.25, 0.3) is 0 Å². The molecule has 24 heteroatoms. The molecule has 13 rings (SSSR count). The van der Waals surface area contributed by atoms with Gasteiger partial charge in [-0.1, -0.05) is 71.7 Å². The van der Waals surface area contributed by atoms with Gasteiger partial charge in [-0.25, -0.2) is 17.6 Å². The predicted octanol–water partition coefficient (Wildman–Crippen LogP) is 9.24. The smallest absolute Gasteiger partial charge is 0.330 e. The van der Waals surface area contributed by atoms with Gasteiger partial charge in [0.1, 0.15) is 36.1 Å². The number of nitrogens with zero attached hydrogens (tertiary/aromatic N) is 12. The fraction of sp³-hybridized carbons (Fsp3) is 0.433. The van der Waals surface area contributed by atoms with Crippen molar-refractivity contribution < 1.29 is 41.4 Å². The molecule has 20 nitrogen and oxygen atoms in total. The number of pyridine rings is 1. The maximum absolute atomic E-state index is 17.5. The first-order valence-corrected chi connectivity index (χ1v) is 33.8. The summed E-state index contributed by atoms with van der Waals surface area (Å²) in [4.78, 5) is 77.1. The Morgan fingerprint density at radius 1 is 0.791 bits per heavy atom. The van der Waals surface area contributed by atoms with Crippen LogP contribution in [0, 0.1) is 11.7 Å². The zero-order valence-electron chi connectivity index (χ0n) is 51.7. The quantitative estimate of drug-likeness (QED) is 0.0581. The molecule has 5 fully saturated rings. The average Bonchev–Trinajstić information content (AvgIpc) is 1.74. The van der Waals surface area contributed by atoms with Crippen molar-refractivity contribution in [2.24, 2.45) is 5.92 Å². The number of hydrogen-bond acceptors (Lipinski definition) is 18. The Morgan fingerprint density at radius 3 is 2.35 bits per heavy atom. The number of sulfone groups is 1. The number of anilines is 3. The molecule has 3 aromatic heterocycles. The van der Waals surface area contributed by atoms with Crippen molar-refractivity contribution in [1.82, 2.24) is 44.5 Å². The number of esters is 1. The summed E-state index contributed by atoms with van der Waals surface area (Å²) in [5.41, 5.74) is 4.37. The van der Waals surface area contributed by atoms with Gasteiger partial charge in [0.2, 0.25) is 11.8 Å². The number of methoxy groups -OCH3 is 1. The van der Waals surface area contributed by atoms with Gasteiger partial charge in [0.15, 0.2) is 15.7 Å². The Balaban J connectivity index is 0.772. The van der Waals surface area contributed by atoms with E-state index in [0.717, 1.165) is 114 Å². The van der Waals surface area contributed by atoms with E-state index in [-0.39, 0.29) is 65.2 Å². The summed E-state index contributed by atoms with van der Waals surface area (Å²) >= 11 is 14.1. The van der Waals surface area contributed by atoms with Crippen molar-refractivity contribution in [3.8, 4) is 23.3 Å². The number of likely N-dealkylation sites (N-methyl/N-ethyl adjacent to an activating group) is 2. The molecule has 0 spiro atoms. The van der Waals surface area contributed by atoms with E-state index in [1.165, 1.54) is 18.7 Å². The molecule has 0 aliphatic carbocycles. The summed E-state index contributed by atoms with van der Waals surface area (Å²) in [6, 6.07) is 22.3. The largest absolute Gasteiger partial charge is 0.466 e. The number of halogens is 3. The van der Waals surface area contributed by atoms with Crippen molar-refractivity contribution in [1.29, 1.82) is 0 Å². The lowest BCUT2D eigenvalue weighted by atomic mass is 9.93. The first-order valence-electron chi connectivity index (χ1n) is 31.1. The predicted molar refractivity (Wildman–Crippen MR) is 350 cm³/mol. The van der Waals surface area contributed by atoms with Gasteiger partial charge in [-0.2, -0.15) is 19.9 Å². The van der Waals surface area contributed by atoms with Crippen molar-refractivity contribution in [3.05, 3.63) is 129 Å². The van der Waals surface area contributed by atoms with Crippen molar-refractivity contribution >= 4 is 101 Å². The van der Waals surface area contributed by atoms with Crippen LogP contribution in [0.1, 0.15) is 67.8 Å². The number of ether oxygens (including phenoxy) is 3. The van der Waals surface area contributed by atoms with E-state index in [2.05, 4.69) is 55.6 Å². The summed E-state index contributed by atoms with van der Waals surface area (Å²) in [5, 5.41) is 6.03. The molecule has 0 N–H and O–H groups in total. The zero-order valence-corrected chi connectivity index (χ0v) is 54.0. The van der Waals surface area contributed by atoms with Gasteiger partial charge < -0.3 is 43.6 Å². The Kier molecular flexibility index (Phi) is 17.3. The monoisotopic (exact) mass is 1290 g/mol. The molecular formula is C67H73Cl2FN12O8S. The second-order valence-electron chi connectivity index (χ2n) is 25.2. The molecule has 91 heavy (non-hydrogen) atoms. The molecule has 0 saturated carbocycles. The maximum Gasteiger partial charge on any atom is 0.330 e. The van der Waals surface area contributed by atoms with E-state index in [1.807, 2.05) is 55.4 Å². The normalized spacial score (nSPS) is 21.4. The van der Waals surface area contributed by atoms with Crippen molar-refractivity contribution in [3.63, 3.8) is 0 Å². The highest BCUT2D eigenvalue weighted by Crippen LogP contribution is 2.52. The first-order chi connectivity index (χ1) is 43.8. The Morgan fingerprint density at radius 2 is 1.56 bits per heavy atom. The third-order valence-corrected chi connectivity index (χ3v) is 20.7. The summed E-state index contributed by atoms with van der Waals surface area (Å²) in [7, 11) is 3.80. The summed E-state index contributed by atoms with van der Waals surface area (Å²) < 4.78 is 59.1. The van der Waals surface area contributed by atoms with Crippen LogP contribution in [0.4, 0.5) is 21.7 Å². The molecule has 6 aliphatic rings. The van der Waals surface area contributed by atoms with Crippen LogP contribution in [-0.2, 0) is 41.9 Å². The van der Waals surface area contributed by atoms with Gasteiger partial charge in [-0.15, -0.1) is 0 Å². The standard InChI is InChI=1S/C67H73Cl2FN12O8S/c1-76-28-9-13-44(76)39-89-65-72-52-38-79(31-24-47(52)64(75-65)78(3)43-23-30-80(37-43)56(84)25-32-91(5,86)87)54-17-8-14-46-45(18-19-51(69)59(46)54)53-22-27-67(26-10-29-82(53)67)40-90-66-73-62-49(33-71-61(60(62)70)48-15-6-11-42-12-7-16-50(68)58(42)48)63(74-66)77(2)34-41-35-81(36-41)55(83)20-21-57(85)88-4/h6-8,11-12,14-21,25,32-33,41,43-44,53H,9-10,13,22-24,26-31,34-40H2,1-5H3/b21-20+,32-25+/t43-,44+,53?,67?/m1/s1. The second-order valence-corrected chi connectivity index (χ2v) is 27.9. The van der Waals surface area contributed by atoms with Crippen LogP contribution in [0.3, 0.4) is 0 Å². The highest BCUT2D eigenvalue weighted by atomic mass is 35.5. The van der Waals surface area contributed by atoms with Crippen LogP contribution in [0.25, 0.3) is 43.7 Å². The minimum absolute atomic E-state index is 0.0351. The number of hydrogen-bond donors (Lipinski definition) is 0. The molecule has 9 heterocycles. The summed E-state index contributed by atoms with van der Waals surface area (Å²) in [5.74, 6) is -0.610. The third kappa shape index (κ3) is 12.3. The van der Waals surface area contributed by atoms with Crippen LogP contribution < -0.4 is 24.2 Å². The average molecular weight is 1300 g/mol.